The highest BCUT2D eigenvalue weighted by Gasteiger charge is 2.32. The third-order valence-corrected chi connectivity index (χ3v) is 4.58. The summed E-state index contributed by atoms with van der Waals surface area (Å²) in [5, 5.41) is 5.23. The molecule has 0 heterocycles. The van der Waals surface area contributed by atoms with Crippen molar-refractivity contribution >= 4 is 15.9 Å². The number of sulfonamides is 1. The molecule has 1 saturated carbocycles. The fourth-order valence-electron chi connectivity index (χ4n) is 2.36. The molecule has 1 fully saturated rings. The molecular weight excluding hydrogens is 276 g/mol. The lowest BCUT2D eigenvalue weighted by Crippen LogP contribution is -2.33. The van der Waals surface area contributed by atoms with Gasteiger partial charge in [-0.3, -0.25) is 4.79 Å². The van der Waals surface area contributed by atoms with E-state index in [1.54, 1.807) is 17.0 Å². The Hall–Kier alpha value is -1.40. The molecule has 20 heavy (non-hydrogen) atoms. The van der Waals surface area contributed by atoms with Crippen molar-refractivity contribution in [1.29, 1.82) is 0 Å². The standard InChI is InChI=1S/C14H20N2O3S/c1-3-10-5-6-11(9-13(10)20(15,18)19)14(17)16(4-2)12-7-8-12/h5-6,9,12H,3-4,7-8H2,1-2H3,(H2,15,18,19). The number of carbonyl (C=O) groups is 1. The van der Waals surface area contributed by atoms with Crippen molar-refractivity contribution in [1.82, 2.24) is 4.90 Å². The van der Waals surface area contributed by atoms with Crippen LogP contribution in [0.5, 0.6) is 0 Å². The number of nitrogens with zero attached hydrogens (tertiary/aromatic N) is 1. The first kappa shape index (κ1) is 15.0. The normalized spacial score (nSPS) is 15.2. The largest absolute Gasteiger partial charge is 0.336 e. The maximum absolute atomic E-state index is 12.4. The zero-order valence-corrected chi connectivity index (χ0v) is 12.6. The second-order valence-corrected chi connectivity index (χ2v) is 6.57. The van der Waals surface area contributed by atoms with Gasteiger partial charge >= 0.3 is 0 Å². The van der Waals surface area contributed by atoms with Gasteiger partial charge in [0.15, 0.2) is 0 Å². The molecule has 2 N–H and O–H groups in total. The second-order valence-electron chi connectivity index (χ2n) is 5.04. The highest BCUT2D eigenvalue weighted by atomic mass is 32.2. The Morgan fingerprint density at radius 1 is 1.35 bits per heavy atom. The molecule has 110 valence electrons. The van der Waals surface area contributed by atoms with Crippen molar-refractivity contribution in [2.45, 2.75) is 44.0 Å². The van der Waals surface area contributed by atoms with E-state index in [2.05, 4.69) is 0 Å². The van der Waals surface area contributed by atoms with Gasteiger partial charge in [-0.25, -0.2) is 13.6 Å². The molecule has 5 nitrogen and oxygen atoms in total. The number of aryl methyl sites for hydroxylation is 1. The molecule has 6 heteroatoms. The van der Waals surface area contributed by atoms with E-state index in [4.69, 9.17) is 5.14 Å². The Morgan fingerprint density at radius 2 is 2.00 bits per heavy atom. The van der Waals surface area contributed by atoms with Crippen molar-refractivity contribution in [3.8, 4) is 0 Å². The van der Waals surface area contributed by atoms with Crippen molar-refractivity contribution in [2.24, 2.45) is 5.14 Å². The first-order valence-corrected chi connectivity index (χ1v) is 8.39. The highest BCUT2D eigenvalue weighted by Crippen LogP contribution is 2.28. The Morgan fingerprint density at radius 3 is 2.45 bits per heavy atom. The van der Waals surface area contributed by atoms with Crippen LogP contribution in [0.2, 0.25) is 0 Å². The Kier molecular flexibility index (Phi) is 4.15. The summed E-state index contributed by atoms with van der Waals surface area (Å²) in [6, 6.07) is 5.06. The number of nitrogens with two attached hydrogens (primary N) is 1. The fraction of sp³-hybridized carbons (Fsp3) is 0.500. The molecule has 0 aliphatic heterocycles. The van der Waals surface area contributed by atoms with Crippen LogP contribution in [0, 0.1) is 0 Å². The monoisotopic (exact) mass is 296 g/mol. The number of rotatable bonds is 5. The summed E-state index contributed by atoms with van der Waals surface area (Å²) >= 11 is 0. The van der Waals surface area contributed by atoms with Gasteiger partial charge in [0, 0.05) is 18.2 Å². The molecule has 0 unspecified atom stereocenters. The lowest BCUT2D eigenvalue weighted by molar-refractivity contribution is 0.0752. The summed E-state index contributed by atoms with van der Waals surface area (Å²) in [5.74, 6) is -0.123. The van der Waals surface area contributed by atoms with Crippen molar-refractivity contribution < 1.29 is 13.2 Å². The predicted octanol–water partition coefficient (Wildman–Crippen LogP) is 1.52. The topological polar surface area (TPSA) is 80.5 Å². The van der Waals surface area contributed by atoms with Crippen LogP contribution in [-0.4, -0.2) is 31.8 Å². The van der Waals surface area contributed by atoms with E-state index >= 15 is 0 Å². The minimum Gasteiger partial charge on any atom is -0.336 e. The summed E-state index contributed by atoms with van der Waals surface area (Å²) in [4.78, 5) is 14.3. The van der Waals surface area contributed by atoms with Gasteiger partial charge in [0.2, 0.25) is 10.0 Å². The van der Waals surface area contributed by atoms with E-state index < -0.39 is 10.0 Å². The van der Waals surface area contributed by atoms with Gasteiger partial charge in [-0.2, -0.15) is 0 Å². The van der Waals surface area contributed by atoms with Gasteiger partial charge < -0.3 is 4.90 Å². The Labute approximate surface area is 119 Å². The van der Waals surface area contributed by atoms with Gasteiger partial charge in [-0.1, -0.05) is 13.0 Å². The van der Waals surface area contributed by atoms with Crippen LogP contribution >= 0.6 is 0 Å². The third-order valence-electron chi connectivity index (χ3n) is 3.59. The van der Waals surface area contributed by atoms with Gasteiger partial charge in [0.25, 0.3) is 5.91 Å². The number of amides is 1. The van der Waals surface area contributed by atoms with Crippen LogP contribution < -0.4 is 5.14 Å². The van der Waals surface area contributed by atoms with E-state index in [1.807, 2.05) is 13.8 Å². The summed E-state index contributed by atoms with van der Waals surface area (Å²) in [5.41, 5.74) is 1.03. The molecule has 0 radical (unpaired) electrons. The molecule has 0 bridgehead atoms. The van der Waals surface area contributed by atoms with Gasteiger partial charge in [0.05, 0.1) is 4.90 Å². The quantitative estimate of drug-likeness (QED) is 0.894. The average molecular weight is 296 g/mol. The van der Waals surface area contributed by atoms with E-state index in [0.29, 0.717) is 30.1 Å². The summed E-state index contributed by atoms with van der Waals surface area (Å²) in [7, 11) is -3.81. The minimum atomic E-state index is -3.81. The van der Waals surface area contributed by atoms with Crippen LogP contribution in [0.15, 0.2) is 23.1 Å². The Bertz CT molecular complexity index is 621. The number of primary sulfonamides is 1. The molecule has 1 aromatic carbocycles. The van der Waals surface area contributed by atoms with E-state index in [1.165, 1.54) is 6.07 Å². The number of carbonyl (C=O) groups excluding carboxylic acids is 1. The van der Waals surface area contributed by atoms with Gasteiger partial charge in [0.1, 0.15) is 0 Å². The van der Waals surface area contributed by atoms with E-state index in [9.17, 15) is 13.2 Å². The molecule has 0 aromatic heterocycles. The number of hydrogen-bond donors (Lipinski definition) is 1. The first-order valence-electron chi connectivity index (χ1n) is 6.85. The van der Waals surface area contributed by atoms with Crippen molar-refractivity contribution in [3.05, 3.63) is 29.3 Å². The SMILES string of the molecule is CCc1ccc(C(=O)N(CC)C2CC2)cc1S(N)(=O)=O. The highest BCUT2D eigenvalue weighted by molar-refractivity contribution is 7.89. The molecule has 1 amide bonds. The second kappa shape index (κ2) is 5.54. The zero-order chi connectivity index (χ0) is 14.9. The maximum atomic E-state index is 12.4. The smallest absolute Gasteiger partial charge is 0.254 e. The fourth-order valence-corrected chi connectivity index (χ4v) is 3.23. The van der Waals surface area contributed by atoms with Crippen LogP contribution in [0.1, 0.15) is 42.6 Å². The third kappa shape index (κ3) is 3.02. The molecule has 1 aliphatic rings. The molecule has 0 saturated heterocycles. The van der Waals surface area contributed by atoms with E-state index in [-0.39, 0.29) is 10.8 Å². The molecule has 0 spiro atoms. The molecule has 2 rings (SSSR count). The first-order chi connectivity index (χ1) is 9.38. The lowest BCUT2D eigenvalue weighted by atomic mass is 10.1. The van der Waals surface area contributed by atoms with E-state index in [0.717, 1.165) is 12.8 Å². The molecular formula is C14H20N2O3S. The van der Waals surface area contributed by atoms with Crippen LogP contribution in [0.4, 0.5) is 0 Å². The number of hydrogen-bond acceptors (Lipinski definition) is 3. The maximum Gasteiger partial charge on any atom is 0.254 e. The molecule has 0 atom stereocenters. The van der Waals surface area contributed by atoms with Crippen LogP contribution in [-0.2, 0) is 16.4 Å². The van der Waals surface area contributed by atoms with Crippen LogP contribution in [0.25, 0.3) is 0 Å². The Balaban J connectivity index is 2.40. The van der Waals surface area contributed by atoms with Crippen LogP contribution in [0.3, 0.4) is 0 Å². The van der Waals surface area contributed by atoms with Crippen molar-refractivity contribution in [2.75, 3.05) is 6.54 Å². The van der Waals surface area contributed by atoms with Crippen molar-refractivity contribution in [3.63, 3.8) is 0 Å². The van der Waals surface area contributed by atoms with Gasteiger partial charge in [-0.05, 0) is 43.9 Å². The number of benzene rings is 1. The summed E-state index contributed by atoms with van der Waals surface area (Å²) in [6.45, 7) is 4.41. The summed E-state index contributed by atoms with van der Waals surface area (Å²) in [6.07, 6.45) is 2.60. The zero-order valence-electron chi connectivity index (χ0n) is 11.8. The molecule has 1 aliphatic carbocycles. The minimum absolute atomic E-state index is 0.0534. The summed E-state index contributed by atoms with van der Waals surface area (Å²) < 4.78 is 23.3. The molecule has 1 aromatic rings. The lowest BCUT2D eigenvalue weighted by Gasteiger charge is -2.21. The van der Waals surface area contributed by atoms with Gasteiger partial charge in [-0.15, -0.1) is 0 Å². The predicted molar refractivity (Wildman–Crippen MR) is 76.9 cm³/mol. The average Bonchev–Trinajstić information content (AvgIpc) is 3.22.